The van der Waals surface area contributed by atoms with Crippen molar-refractivity contribution in [2.24, 2.45) is 5.41 Å². The molecule has 1 N–H and O–H groups in total. The third-order valence-corrected chi connectivity index (χ3v) is 5.80. The van der Waals surface area contributed by atoms with Crippen molar-refractivity contribution in [1.82, 2.24) is 9.55 Å². The van der Waals surface area contributed by atoms with Crippen LogP contribution in [0, 0.1) is 5.41 Å². The average Bonchev–Trinajstić information content (AvgIpc) is 3.42. The van der Waals surface area contributed by atoms with Gasteiger partial charge in [-0.15, -0.1) is 0 Å². The predicted molar refractivity (Wildman–Crippen MR) is 139 cm³/mol. The van der Waals surface area contributed by atoms with Crippen molar-refractivity contribution in [3.63, 3.8) is 0 Å². The Morgan fingerprint density at radius 1 is 0.972 bits per heavy atom. The minimum atomic E-state index is -1.04. The van der Waals surface area contributed by atoms with Crippen LogP contribution in [-0.2, 0) is 9.53 Å². The number of Topliss-reactive ketones (excluding diaryl/α,β-unsaturated/α-hetero) is 1. The van der Waals surface area contributed by atoms with Gasteiger partial charge in [0.2, 0.25) is 12.0 Å². The Bertz CT molecular complexity index is 1290. The number of rotatable bonds is 9. The van der Waals surface area contributed by atoms with Crippen molar-refractivity contribution in [3.8, 4) is 16.9 Å². The maximum atomic E-state index is 13.6. The van der Waals surface area contributed by atoms with Crippen molar-refractivity contribution in [1.29, 1.82) is 0 Å². The normalized spacial score (nSPS) is 12.0. The quantitative estimate of drug-likeness (QED) is 0.277. The summed E-state index contributed by atoms with van der Waals surface area (Å²) in [6, 6.07) is 23.9. The Balaban J connectivity index is 1.45. The molecule has 1 unspecified atom stereocenters. The summed E-state index contributed by atoms with van der Waals surface area (Å²) in [5.41, 5.74) is 1.57. The zero-order chi connectivity index (χ0) is 25.5. The van der Waals surface area contributed by atoms with Gasteiger partial charge in [0.25, 0.3) is 0 Å². The van der Waals surface area contributed by atoms with E-state index in [-0.39, 0.29) is 12.4 Å². The molecule has 184 valence electrons. The number of imidazole rings is 1. The second kappa shape index (κ2) is 11.1. The minimum Gasteiger partial charge on any atom is -0.463 e. The second-order valence-electron chi connectivity index (χ2n) is 8.83. The maximum Gasteiger partial charge on any atom is 0.411 e. The van der Waals surface area contributed by atoms with Crippen LogP contribution in [0.5, 0.6) is 5.75 Å². The molecule has 4 rings (SSSR count). The molecule has 1 heterocycles. The molecule has 0 aliphatic rings. The molecule has 1 amide bonds. The lowest BCUT2D eigenvalue weighted by Gasteiger charge is -2.28. The van der Waals surface area contributed by atoms with Gasteiger partial charge in [0.1, 0.15) is 12.4 Å². The molecule has 1 aromatic heterocycles. The molecule has 8 heteroatoms. The first-order valence-corrected chi connectivity index (χ1v) is 11.7. The lowest BCUT2D eigenvalue weighted by atomic mass is 9.88. The lowest BCUT2D eigenvalue weighted by molar-refractivity contribution is -0.140. The average molecular weight is 504 g/mol. The SMILES string of the molecule is CC(C)(COC(=O)Nc1ccccc1)C(=O)C(Oc1ccc(-c2ccc(Cl)cc2)cc1)n1ccnc1. The summed E-state index contributed by atoms with van der Waals surface area (Å²) in [6.07, 6.45) is 3.11. The van der Waals surface area contributed by atoms with Crippen LogP contribution in [0.4, 0.5) is 10.5 Å². The number of ether oxygens (including phenoxy) is 2. The molecule has 4 aromatic rings. The largest absolute Gasteiger partial charge is 0.463 e. The summed E-state index contributed by atoms with van der Waals surface area (Å²) in [5.74, 6) is 0.244. The van der Waals surface area contributed by atoms with E-state index in [0.717, 1.165) is 11.1 Å². The van der Waals surface area contributed by atoms with Gasteiger partial charge in [0, 0.05) is 23.1 Å². The van der Waals surface area contributed by atoms with Crippen LogP contribution in [0.2, 0.25) is 5.02 Å². The van der Waals surface area contributed by atoms with Crippen LogP contribution < -0.4 is 10.1 Å². The number of hydrogen-bond donors (Lipinski definition) is 1. The number of amides is 1. The van der Waals surface area contributed by atoms with Gasteiger partial charge >= 0.3 is 6.09 Å². The lowest BCUT2D eigenvalue weighted by Crippen LogP contribution is -2.39. The van der Waals surface area contributed by atoms with Crippen LogP contribution in [0.1, 0.15) is 20.1 Å². The third kappa shape index (κ3) is 6.31. The van der Waals surface area contributed by atoms with E-state index < -0.39 is 17.7 Å². The van der Waals surface area contributed by atoms with E-state index in [1.54, 1.807) is 67.2 Å². The van der Waals surface area contributed by atoms with E-state index >= 15 is 0 Å². The van der Waals surface area contributed by atoms with Gasteiger partial charge in [-0.25, -0.2) is 9.78 Å². The number of carbonyl (C=O) groups is 2. The van der Waals surface area contributed by atoms with Gasteiger partial charge in [0.15, 0.2) is 0 Å². The Labute approximate surface area is 214 Å². The highest BCUT2D eigenvalue weighted by Gasteiger charge is 2.37. The molecule has 36 heavy (non-hydrogen) atoms. The Morgan fingerprint density at radius 3 is 2.22 bits per heavy atom. The van der Waals surface area contributed by atoms with Crippen molar-refractivity contribution in [2.45, 2.75) is 20.1 Å². The van der Waals surface area contributed by atoms with Crippen molar-refractivity contribution >= 4 is 29.2 Å². The van der Waals surface area contributed by atoms with Gasteiger partial charge in [-0.3, -0.25) is 14.7 Å². The topological polar surface area (TPSA) is 82.5 Å². The van der Waals surface area contributed by atoms with E-state index in [2.05, 4.69) is 10.3 Å². The highest BCUT2D eigenvalue weighted by molar-refractivity contribution is 6.30. The summed E-state index contributed by atoms with van der Waals surface area (Å²) in [4.78, 5) is 29.9. The molecule has 0 aliphatic heterocycles. The molecular formula is C28H26ClN3O4. The van der Waals surface area contributed by atoms with Crippen molar-refractivity contribution in [2.75, 3.05) is 11.9 Å². The number of ketones is 1. The first-order chi connectivity index (χ1) is 17.3. The van der Waals surface area contributed by atoms with Gasteiger partial charge < -0.3 is 9.47 Å². The van der Waals surface area contributed by atoms with Gasteiger partial charge in [-0.2, -0.15) is 0 Å². The number of para-hydroxylation sites is 1. The van der Waals surface area contributed by atoms with E-state index in [1.165, 1.54) is 6.33 Å². The smallest absolute Gasteiger partial charge is 0.411 e. The van der Waals surface area contributed by atoms with Crippen molar-refractivity contribution < 1.29 is 19.1 Å². The van der Waals surface area contributed by atoms with Crippen LogP contribution in [0.15, 0.2) is 97.6 Å². The Morgan fingerprint density at radius 2 is 1.61 bits per heavy atom. The number of nitrogens with one attached hydrogen (secondary N) is 1. The zero-order valence-electron chi connectivity index (χ0n) is 19.9. The first-order valence-electron chi connectivity index (χ1n) is 11.3. The highest BCUT2D eigenvalue weighted by Crippen LogP contribution is 2.30. The molecule has 0 saturated heterocycles. The number of aromatic nitrogens is 2. The number of anilines is 1. The highest BCUT2D eigenvalue weighted by atomic mass is 35.5. The number of benzene rings is 3. The number of nitrogens with zero attached hydrogens (tertiary/aromatic N) is 2. The fraction of sp³-hybridized carbons (Fsp3) is 0.179. The Kier molecular flexibility index (Phi) is 7.71. The Hall–Kier alpha value is -4.10. The molecule has 0 saturated carbocycles. The number of hydrogen-bond acceptors (Lipinski definition) is 5. The maximum absolute atomic E-state index is 13.6. The summed E-state index contributed by atoms with van der Waals surface area (Å²) in [7, 11) is 0. The van der Waals surface area contributed by atoms with E-state index in [4.69, 9.17) is 21.1 Å². The molecule has 0 spiro atoms. The summed E-state index contributed by atoms with van der Waals surface area (Å²) >= 11 is 5.98. The van der Waals surface area contributed by atoms with Crippen LogP contribution in [0.25, 0.3) is 11.1 Å². The van der Waals surface area contributed by atoms with Crippen molar-refractivity contribution in [3.05, 3.63) is 103 Å². The first kappa shape index (κ1) is 25.0. The van der Waals surface area contributed by atoms with E-state index in [0.29, 0.717) is 16.5 Å². The third-order valence-electron chi connectivity index (χ3n) is 5.55. The predicted octanol–water partition coefficient (Wildman–Crippen LogP) is 6.63. The summed E-state index contributed by atoms with van der Waals surface area (Å²) < 4.78 is 13.1. The minimum absolute atomic E-state index is 0.130. The monoisotopic (exact) mass is 503 g/mol. The second-order valence-corrected chi connectivity index (χ2v) is 9.26. The fourth-order valence-electron chi connectivity index (χ4n) is 3.48. The number of halogens is 1. The molecule has 0 bridgehead atoms. The molecule has 0 fully saturated rings. The van der Waals surface area contributed by atoms with Gasteiger partial charge in [-0.1, -0.05) is 54.1 Å². The molecule has 0 aliphatic carbocycles. The summed E-state index contributed by atoms with van der Waals surface area (Å²) in [5, 5.41) is 3.32. The molecule has 1 atom stereocenters. The van der Waals surface area contributed by atoms with Gasteiger partial charge in [0.05, 0.1) is 11.7 Å². The molecule has 3 aromatic carbocycles. The van der Waals surface area contributed by atoms with Crippen LogP contribution >= 0.6 is 11.6 Å². The zero-order valence-corrected chi connectivity index (χ0v) is 20.7. The number of carbonyl (C=O) groups excluding carboxylic acids is 2. The fourth-order valence-corrected chi connectivity index (χ4v) is 3.61. The molecule has 7 nitrogen and oxygen atoms in total. The summed E-state index contributed by atoms with van der Waals surface area (Å²) in [6.45, 7) is 3.29. The molecular weight excluding hydrogens is 478 g/mol. The van der Waals surface area contributed by atoms with E-state index in [1.807, 2.05) is 42.5 Å². The van der Waals surface area contributed by atoms with E-state index in [9.17, 15) is 9.59 Å². The standard InChI is InChI=1S/C28H26ClN3O4/c1-28(2,18-35-27(34)31-23-6-4-3-5-7-23)25(33)26(32-17-16-30-19-32)36-24-14-10-21(11-15-24)20-8-12-22(29)13-9-20/h3-17,19,26H,18H2,1-2H3,(H,31,34). The molecule has 0 radical (unpaired) electrons. The van der Waals surface area contributed by atoms with Crippen LogP contribution in [-0.4, -0.2) is 28.0 Å². The van der Waals surface area contributed by atoms with Gasteiger partial charge in [-0.05, 0) is 61.4 Å². The van der Waals surface area contributed by atoms with Crippen LogP contribution in [0.3, 0.4) is 0 Å².